The molecule has 0 aliphatic carbocycles. The molecule has 1 saturated heterocycles. The fourth-order valence-corrected chi connectivity index (χ4v) is 3.10. The van der Waals surface area contributed by atoms with E-state index in [1.165, 1.54) is 7.11 Å². The lowest BCUT2D eigenvalue weighted by Crippen LogP contribution is -2.49. The lowest BCUT2D eigenvalue weighted by molar-refractivity contribution is 0.111. The Balaban J connectivity index is 0.00000450. The van der Waals surface area contributed by atoms with Crippen molar-refractivity contribution in [1.29, 1.82) is 0 Å². The second-order valence-electron chi connectivity index (χ2n) is 6.63. The highest BCUT2D eigenvalue weighted by atomic mass is 127. The topological polar surface area (TPSA) is 105 Å². The number of nitrogens with one attached hydrogen (secondary N) is 2. The third-order valence-corrected chi connectivity index (χ3v) is 4.61. The van der Waals surface area contributed by atoms with E-state index in [0.29, 0.717) is 31.1 Å². The second kappa shape index (κ2) is 14.1. The van der Waals surface area contributed by atoms with E-state index in [1.807, 2.05) is 25.1 Å². The van der Waals surface area contributed by atoms with Crippen LogP contribution in [0.2, 0.25) is 0 Å². The molecule has 30 heavy (non-hydrogen) atoms. The zero-order valence-corrected chi connectivity index (χ0v) is 20.2. The molecule has 0 bridgehead atoms. The fraction of sp³-hybridized carbons (Fsp3) is 0.600. The van der Waals surface area contributed by atoms with E-state index in [0.717, 1.165) is 30.9 Å². The maximum Gasteiger partial charge on any atom is 0.409 e. The van der Waals surface area contributed by atoms with Crippen molar-refractivity contribution in [3.05, 3.63) is 23.8 Å². The van der Waals surface area contributed by atoms with Crippen molar-refractivity contribution in [2.24, 2.45) is 4.99 Å². The summed E-state index contributed by atoms with van der Waals surface area (Å²) in [5.74, 6) is 1.94. The van der Waals surface area contributed by atoms with Gasteiger partial charge in [-0.3, -0.25) is 0 Å². The number of likely N-dealkylation sites (tertiary alicyclic amines) is 1. The molecule has 1 aliphatic rings. The summed E-state index contributed by atoms with van der Waals surface area (Å²) in [5.41, 5.74) is 0.982. The van der Waals surface area contributed by atoms with Crippen LogP contribution in [0, 0.1) is 0 Å². The Bertz CT molecular complexity index is 681. The van der Waals surface area contributed by atoms with E-state index < -0.39 is 0 Å². The quantitative estimate of drug-likeness (QED) is 0.265. The number of hydrogen-bond acceptors (Lipinski definition) is 6. The number of carbonyl (C=O) groups is 1. The largest absolute Gasteiger partial charge is 0.493 e. The first-order valence-electron chi connectivity index (χ1n) is 9.89. The standard InChI is InChI=1S/C20H32N4O5.HI/c1-4-21-19(23-16-7-9-24(10-8-16)20(26)28-3)22-14-15-5-6-17(29-12-11-25)18(13-15)27-2;/h5-6,13,16,25H,4,7-12,14H2,1-3H3,(H2,21,22,23);1H. The van der Waals surface area contributed by atoms with Gasteiger partial charge in [0.05, 0.1) is 27.4 Å². The first kappa shape index (κ1) is 26.1. The molecule has 0 spiro atoms. The Labute approximate surface area is 195 Å². The Kier molecular flexibility index (Phi) is 12.3. The van der Waals surface area contributed by atoms with Crippen LogP contribution in [-0.4, -0.2) is 75.2 Å². The van der Waals surface area contributed by atoms with E-state index in [9.17, 15) is 4.79 Å². The number of ether oxygens (including phenoxy) is 3. The number of aliphatic hydroxyl groups is 1. The van der Waals surface area contributed by atoms with E-state index >= 15 is 0 Å². The molecule has 0 atom stereocenters. The van der Waals surface area contributed by atoms with Crippen LogP contribution < -0.4 is 20.1 Å². The van der Waals surface area contributed by atoms with Gasteiger partial charge in [0.2, 0.25) is 0 Å². The van der Waals surface area contributed by atoms with E-state index in [4.69, 9.17) is 19.3 Å². The highest BCUT2D eigenvalue weighted by Crippen LogP contribution is 2.28. The van der Waals surface area contributed by atoms with Gasteiger partial charge in [-0.05, 0) is 37.5 Å². The highest BCUT2D eigenvalue weighted by molar-refractivity contribution is 14.0. The highest BCUT2D eigenvalue weighted by Gasteiger charge is 2.23. The summed E-state index contributed by atoms with van der Waals surface area (Å²) >= 11 is 0. The normalized spacial score (nSPS) is 14.5. The predicted octanol–water partition coefficient (Wildman–Crippen LogP) is 1.97. The molecule has 1 aromatic carbocycles. The molecule has 1 heterocycles. The van der Waals surface area contributed by atoms with Crippen LogP contribution in [0.15, 0.2) is 23.2 Å². The minimum atomic E-state index is -0.274. The van der Waals surface area contributed by atoms with Crippen LogP contribution in [0.3, 0.4) is 0 Å². The minimum absolute atomic E-state index is 0. The van der Waals surface area contributed by atoms with E-state index in [-0.39, 0.29) is 49.3 Å². The summed E-state index contributed by atoms with van der Waals surface area (Å²) in [6.07, 6.45) is 1.40. The van der Waals surface area contributed by atoms with Crippen molar-refractivity contribution in [2.45, 2.75) is 32.4 Å². The molecule has 3 N–H and O–H groups in total. The molecule has 0 unspecified atom stereocenters. The Morgan fingerprint density at radius 2 is 2.00 bits per heavy atom. The molecule has 1 fully saturated rings. The van der Waals surface area contributed by atoms with Crippen LogP contribution in [0.1, 0.15) is 25.3 Å². The number of amides is 1. The summed E-state index contributed by atoms with van der Waals surface area (Å²) in [4.78, 5) is 18.0. The monoisotopic (exact) mass is 536 g/mol. The van der Waals surface area contributed by atoms with E-state index in [1.54, 1.807) is 12.0 Å². The van der Waals surface area contributed by atoms with Gasteiger partial charge in [-0.2, -0.15) is 0 Å². The number of benzene rings is 1. The SMILES string of the molecule is CCNC(=NCc1ccc(OCCO)c(OC)c1)NC1CCN(C(=O)OC)CC1.I. The molecule has 170 valence electrons. The van der Waals surface area contributed by atoms with Crippen LogP contribution in [0.4, 0.5) is 4.79 Å². The molecular formula is C20H33IN4O5. The Hall–Kier alpha value is -1.95. The summed E-state index contributed by atoms with van der Waals surface area (Å²) < 4.78 is 15.6. The van der Waals surface area contributed by atoms with Gasteiger partial charge in [-0.15, -0.1) is 24.0 Å². The lowest BCUT2D eigenvalue weighted by atomic mass is 10.1. The molecule has 1 amide bonds. The van der Waals surface area contributed by atoms with Gasteiger partial charge in [-0.1, -0.05) is 6.07 Å². The molecule has 0 aromatic heterocycles. The third-order valence-electron chi connectivity index (χ3n) is 4.61. The average molecular weight is 536 g/mol. The van der Waals surface area contributed by atoms with Crippen molar-refractivity contribution >= 4 is 36.0 Å². The number of piperidine rings is 1. The maximum absolute atomic E-state index is 11.6. The second-order valence-corrected chi connectivity index (χ2v) is 6.63. The molecule has 1 aromatic rings. The number of halogens is 1. The smallest absolute Gasteiger partial charge is 0.409 e. The number of aliphatic imine (C=N–C) groups is 1. The number of rotatable bonds is 8. The Morgan fingerprint density at radius 1 is 1.27 bits per heavy atom. The number of methoxy groups -OCH3 is 2. The molecule has 2 rings (SSSR count). The number of carbonyl (C=O) groups excluding carboxylic acids is 1. The first-order chi connectivity index (χ1) is 14.1. The van der Waals surface area contributed by atoms with Gasteiger partial charge in [0, 0.05) is 25.7 Å². The molecular weight excluding hydrogens is 503 g/mol. The van der Waals surface area contributed by atoms with Gasteiger partial charge in [-0.25, -0.2) is 9.79 Å². The van der Waals surface area contributed by atoms with Gasteiger partial charge in [0.15, 0.2) is 17.5 Å². The summed E-state index contributed by atoms with van der Waals surface area (Å²) in [5, 5.41) is 15.6. The van der Waals surface area contributed by atoms with Gasteiger partial charge in [0.1, 0.15) is 6.61 Å². The van der Waals surface area contributed by atoms with E-state index in [2.05, 4.69) is 15.6 Å². The molecule has 0 radical (unpaired) electrons. The average Bonchev–Trinajstić information content (AvgIpc) is 2.76. The zero-order chi connectivity index (χ0) is 21.1. The summed E-state index contributed by atoms with van der Waals surface area (Å²) in [7, 11) is 2.99. The molecule has 0 saturated carbocycles. The predicted molar refractivity (Wildman–Crippen MR) is 126 cm³/mol. The van der Waals surface area contributed by atoms with Crippen molar-refractivity contribution < 1.29 is 24.1 Å². The van der Waals surface area contributed by atoms with Gasteiger partial charge in [0.25, 0.3) is 0 Å². The zero-order valence-electron chi connectivity index (χ0n) is 17.8. The van der Waals surface area contributed by atoms with Crippen LogP contribution in [-0.2, 0) is 11.3 Å². The number of guanidine groups is 1. The van der Waals surface area contributed by atoms with Crippen molar-refractivity contribution in [3.63, 3.8) is 0 Å². The Morgan fingerprint density at radius 3 is 2.60 bits per heavy atom. The molecule has 9 nitrogen and oxygen atoms in total. The fourth-order valence-electron chi connectivity index (χ4n) is 3.10. The minimum Gasteiger partial charge on any atom is -0.493 e. The van der Waals surface area contributed by atoms with Crippen LogP contribution >= 0.6 is 24.0 Å². The number of hydrogen-bond donors (Lipinski definition) is 3. The first-order valence-corrected chi connectivity index (χ1v) is 9.89. The number of aliphatic hydroxyl groups excluding tert-OH is 1. The maximum atomic E-state index is 11.6. The van der Waals surface area contributed by atoms with Gasteiger partial charge >= 0.3 is 6.09 Å². The molecule has 1 aliphatic heterocycles. The number of nitrogens with zero attached hydrogens (tertiary/aromatic N) is 2. The lowest BCUT2D eigenvalue weighted by Gasteiger charge is -2.32. The van der Waals surface area contributed by atoms with Gasteiger partial charge < -0.3 is 34.9 Å². The summed E-state index contributed by atoms with van der Waals surface area (Å²) in [6, 6.07) is 5.88. The van der Waals surface area contributed by atoms with Crippen molar-refractivity contribution in [3.8, 4) is 11.5 Å². The van der Waals surface area contributed by atoms with Crippen LogP contribution in [0.5, 0.6) is 11.5 Å². The van der Waals surface area contributed by atoms with Crippen molar-refractivity contribution in [2.75, 3.05) is 47.1 Å². The molecule has 10 heteroatoms. The third kappa shape index (κ3) is 8.05. The summed E-state index contributed by atoms with van der Waals surface area (Å²) in [6.45, 7) is 4.75. The van der Waals surface area contributed by atoms with Crippen LogP contribution in [0.25, 0.3) is 0 Å². The van der Waals surface area contributed by atoms with Crippen molar-refractivity contribution in [1.82, 2.24) is 15.5 Å².